The van der Waals surface area contributed by atoms with E-state index in [0.717, 1.165) is 22.0 Å². The summed E-state index contributed by atoms with van der Waals surface area (Å²) in [6.45, 7) is 2.00. The van der Waals surface area contributed by atoms with Gasteiger partial charge >= 0.3 is 110 Å². The molecule has 0 aliphatic heterocycles. The average molecular weight is 258 g/mol. The zero-order valence-electron chi connectivity index (χ0n) is 10.6. The topological polar surface area (TPSA) is 82.2 Å². The second kappa shape index (κ2) is 5.80. The summed E-state index contributed by atoms with van der Waals surface area (Å²) in [5.41, 5.74) is 3.05. The van der Waals surface area contributed by atoms with Gasteiger partial charge in [-0.15, -0.1) is 0 Å². The number of carboxylic acids is 1. The summed E-state index contributed by atoms with van der Waals surface area (Å²) in [6.07, 6.45) is 2.20. The van der Waals surface area contributed by atoms with Crippen molar-refractivity contribution in [3.8, 4) is 0 Å². The number of nitrogens with one attached hydrogen (secondary N) is 2. The normalized spacial score (nSPS) is 12.3. The van der Waals surface area contributed by atoms with Crippen LogP contribution in [-0.2, 0) is 15.9 Å². The van der Waals surface area contributed by atoms with Crippen LogP contribution in [-0.4, -0.2) is 35.7 Å². The van der Waals surface area contributed by atoms with Crippen molar-refractivity contribution < 1.29 is 14.6 Å². The molecule has 1 aromatic heterocycles. The molecule has 98 valence electrons. The van der Waals surface area contributed by atoms with E-state index in [-0.39, 0.29) is 6.44 Å². The first kappa shape index (κ1) is 13.5. The van der Waals surface area contributed by atoms with Gasteiger partial charge in [0.25, 0.3) is 0 Å². The van der Waals surface area contributed by atoms with Crippen LogP contribution in [0.2, 0.25) is 0 Å². The number of hydrogen-bond donors (Lipinski definition) is 3. The van der Waals surface area contributed by atoms with E-state index in [1.807, 2.05) is 31.3 Å². The predicted octanol–water partition coefficient (Wildman–Crippen LogP) is 1.07. The first-order valence-corrected chi connectivity index (χ1v) is 6.08. The third-order valence-electron chi connectivity index (χ3n) is 3.09. The predicted molar refractivity (Wildman–Crippen MR) is 72.6 cm³/mol. The molecule has 0 spiro atoms. The molecule has 0 saturated carbocycles. The Bertz CT molecular complexity index is 609. The number of rotatable bonds is 6. The Balaban J connectivity index is 2.25. The van der Waals surface area contributed by atoms with Crippen molar-refractivity contribution in [3.63, 3.8) is 0 Å². The number of aryl methyl sites for hydroxylation is 1. The number of hydrogen-bond acceptors (Lipinski definition) is 3. The van der Waals surface area contributed by atoms with Crippen molar-refractivity contribution in [1.29, 1.82) is 0 Å². The van der Waals surface area contributed by atoms with Crippen LogP contribution < -0.4 is 5.32 Å². The van der Waals surface area contributed by atoms with Crippen molar-refractivity contribution in [1.82, 2.24) is 10.3 Å². The Morgan fingerprint density at radius 3 is 3.00 bits per heavy atom. The van der Waals surface area contributed by atoms with Crippen LogP contribution in [0.5, 0.6) is 0 Å². The summed E-state index contributed by atoms with van der Waals surface area (Å²) in [5, 5.41) is 12.9. The summed E-state index contributed by atoms with van der Waals surface area (Å²) in [7, 11) is 0.662. The standard InChI is InChI=1S/C13H15BN2O3/c1-8-2-3-11-10(4-8)9(6-15-11)5-12(13(17)18)16-7-14-19/h2-4,6,12,15-16H,5,7H2,1H3,(H,17,18). The molecule has 3 N–H and O–H groups in total. The van der Waals surface area contributed by atoms with E-state index in [1.165, 1.54) is 0 Å². The molecule has 0 saturated heterocycles. The van der Waals surface area contributed by atoms with Gasteiger partial charge < -0.3 is 0 Å². The fraction of sp³-hybridized carbons (Fsp3) is 0.308. The summed E-state index contributed by atoms with van der Waals surface area (Å²) in [6, 6.07) is 5.24. The second-order valence-corrected chi connectivity index (χ2v) is 4.53. The Kier molecular flexibility index (Phi) is 4.11. The molecule has 2 rings (SSSR count). The number of carbonyl (C=O) groups is 1. The Morgan fingerprint density at radius 2 is 2.32 bits per heavy atom. The molecule has 1 unspecified atom stereocenters. The van der Waals surface area contributed by atoms with E-state index in [9.17, 15) is 9.50 Å². The maximum absolute atomic E-state index is 11.1. The molecule has 0 amide bonds. The third-order valence-corrected chi connectivity index (χ3v) is 3.09. The minimum absolute atomic E-state index is 0.0400. The van der Waals surface area contributed by atoms with Crippen LogP contribution in [0.4, 0.5) is 0 Å². The molecule has 5 nitrogen and oxygen atoms in total. The fourth-order valence-corrected chi connectivity index (χ4v) is 2.12. The number of aromatic nitrogens is 1. The van der Waals surface area contributed by atoms with Crippen molar-refractivity contribution in [2.45, 2.75) is 19.4 Å². The SMILES string of the molecule is Cc1ccc2[nH]cc(CC(NCB=O)C(=O)O)c2c1. The molecule has 0 aliphatic rings. The van der Waals surface area contributed by atoms with Crippen LogP contribution in [0.15, 0.2) is 24.4 Å². The van der Waals surface area contributed by atoms with Gasteiger partial charge in [0.1, 0.15) is 0 Å². The zero-order valence-corrected chi connectivity index (χ0v) is 10.6. The Hall–Kier alpha value is -1.95. The van der Waals surface area contributed by atoms with E-state index in [2.05, 4.69) is 10.3 Å². The van der Waals surface area contributed by atoms with Crippen LogP contribution in [0.3, 0.4) is 0 Å². The molecule has 0 fully saturated rings. The molecule has 6 heteroatoms. The van der Waals surface area contributed by atoms with Gasteiger partial charge in [-0.3, -0.25) is 0 Å². The quantitative estimate of drug-likeness (QED) is 0.677. The Labute approximate surface area is 111 Å². The number of carboxylic acid groups (broad SMARTS) is 1. The first-order valence-electron chi connectivity index (χ1n) is 6.08. The molecule has 2 aromatic rings. The van der Waals surface area contributed by atoms with E-state index in [4.69, 9.17) is 5.11 Å². The van der Waals surface area contributed by atoms with Crippen LogP contribution in [0.1, 0.15) is 11.1 Å². The molecule has 1 aromatic carbocycles. The summed E-state index contributed by atoms with van der Waals surface area (Å²) < 4.78 is 10.3. The monoisotopic (exact) mass is 258 g/mol. The number of aliphatic carboxylic acids is 1. The van der Waals surface area contributed by atoms with Gasteiger partial charge in [-0.1, -0.05) is 0 Å². The van der Waals surface area contributed by atoms with Gasteiger partial charge in [-0.25, -0.2) is 0 Å². The van der Waals surface area contributed by atoms with Gasteiger partial charge in [-0.2, -0.15) is 0 Å². The summed E-state index contributed by atoms with van der Waals surface area (Å²) in [5.74, 6) is -0.955. The molecule has 19 heavy (non-hydrogen) atoms. The number of fused-ring (bicyclic) bond motifs is 1. The molecular formula is C13H15BN2O3. The van der Waals surface area contributed by atoms with E-state index in [0.29, 0.717) is 13.6 Å². The van der Waals surface area contributed by atoms with Crippen LogP contribution in [0, 0.1) is 6.92 Å². The summed E-state index contributed by atoms with van der Waals surface area (Å²) in [4.78, 5) is 14.3. The van der Waals surface area contributed by atoms with Crippen molar-refractivity contribution in [3.05, 3.63) is 35.5 Å². The minimum atomic E-state index is -0.955. The van der Waals surface area contributed by atoms with Crippen LogP contribution >= 0.6 is 0 Å². The maximum atomic E-state index is 11.1. The first-order chi connectivity index (χ1) is 9.11. The number of benzene rings is 1. The summed E-state index contributed by atoms with van der Waals surface area (Å²) >= 11 is 0. The van der Waals surface area contributed by atoms with E-state index < -0.39 is 12.0 Å². The van der Waals surface area contributed by atoms with Crippen molar-refractivity contribution >= 4 is 24.0 Å². The average Bonchev–Trinajstić information content (AvgIpc) is 2.76. The second-order valence-electron chi connectivity index (χ2n) is 4.53. The zero-order chi connectivity index (χ0) is 13.8. The molecule has 0 radical (unpaired) electrons. The molecule has 1 atom stereocenters. The van der Waals surface area contributed by atoms with Gasteiger partial charge in [0, 0.05) is 0 Å². The molecule has 1 heterocycles. The van der Waals surface area contributed by atoms with Crippen LogP contribution in [0.25, 0.3) is 10.9 Å². The number of H-pyrrole nitrogens is 1. The van der Waals surface area contributed by atoms with Gasteiger partial charge in [0.15, 0.2) is 0 Å². The Morgan fingerprint density at radius 1 is 1.53 bits per heavy atom. The molecular weight excluding hydrogens is 243 g/mol. The van der Waals surface area contributed by atoms with E-state index >= 15 is 0 Å². The fourth-order valence-electron chi connectivity index (χ4n) is 2.12. The van der Waals surface area contributed by atoms with Gasteiger partial charge in [0.05, 0.1) is 0 Å². The molecule has 0 bridgehead atoms. The van der Waals surface area contributed by atoms with E-state index in [1.54, 1.807) is 0 Å². The number of aromatic amines is 1. The molecule has 0 aliphatic carbocycles. The van der Waals surface area contributed by atoms with Crippen molar-refractivity contribution in [2.75, 3.05) is 6.44 Å². The van der Waals surface area contributed by atoms with Gasteiger partial charge in [-0.05, 0) is 0 Å². The van der Waals surface area contributed by atoms with Crippen molar-refractivity contribution in [2.24, 2.45) is 0 Å². The third kappa shape index (κ3) is 3.09. The van der Waals surface area contributed by atoms with Gasteiger partial charge in [0.2, 0.25) is 0 Å².